The number of halogens is 1. The second-order valence-electron chi connectivity index (χ2n) is 6.31. The monoisotopic (exact) mass is 369 g/mol. The predicted molar refractivity (Wildman–Crippen MR) is 97.8 cm³/mol. The minimum Gasteiger partial charge on any atom is -0.482 e. The standard InChI is InChI=1S/C21H20FNO4/c1-13-4-9-19(14(2)10-13)25-12-20(24)26-11-18-15(3)21(27-23-18)16-5-7-17(22)8-6-16/h4-10H,11-12H2,1-3H3. The van der Waals surface area contributed by atoms with E-state index in [9.17, 15) is 9.18 Å². The lowest BCUT2D eigenvalue weighted by atomic mass is 10.1. The van der Waals surface area contributed by atoms with Crippen LogP contribution in [-0.2, 0) is 16.1 Å². The van der Waals surface area contributed by atoms with Crippen molar-refractivity contribution < 1.29 is 23.2 Å². The van der Waals surface area contributed by atoms with E-state index in [-0.39, 0.29) is 19.0 Å². The molecule has 27 heavy (non-hydrogen) atoms. The molecule has 1 aromatic heterocycles. The van der Waals surface area contributed by atoms with Crippen LogP contribution in [0.5, 0.6) is 5.75 Å². The van der Waals surface area contributed by atoms with Crippen molar-refractivity contribution in [2.75, 3.05) is 6.61 Å². The summed E-state index contributed by atoms with van der Waals surface area (Å²) in [6, 6.07) is 11.6. The number of ether oxygens (including phenoxy) is 2. The van der Waals surface area contributed by atoms with Gasteiger partial charge in [0.2, 0.25) is 0 Å². The zero-order valence-corrected chi connectivity index (χ0v) is 15.4. The molecule has 0 saturated carbocycles. The van der Waals surface area contributed by atoms with Crippen LogP contribution in [0.1, 0.15) is 22.4 Å². The average molecular weight is 369 g/mol. The minimum atomic E-state index is -0.499. The Hall–Kier alpha value is -3.15. The van der Waals surface area contributed by atoms with Gasteiger partial charge < -0.3 is 14.0 Å². The zero-order valence-electron chi connectivity index (χ0n) is 15.4. The summed E-state index contributed by atoms with van der Waals surface area (Å²) < 4.78 is 29.1. The third-order valence-corrected chi connectivity index (χ3v) is 4.17. The molecule has 0 saturated heterocycles. The second kappa shape index (κ2) is 8.03. The Kier molecular flexibility index (Phi) is 5.54. The van der Waals surface area contributed by atoms with E-state index < -0.39 is 5.97 Å². The molecule has 6 heteroatoms. The van der Waals surface area contributed by atoms with Crippen LogP contribution in [0.25, 0.3) is 11.3 Å². The van der Waals surface area contributed by atoms with Crippen molar-refractivity contribution in [2.24, 2.45) is 0 Å². The van der Waals surface area contributed by atoms with Crippen LogP contribution in [0.2, 0.25) is 0 Å². The number of carbonyl (C=O) groups is 1. The van der Waals surface area contributed by atoms with Crippen molar-refractivity contribution in [1.29, 1.82) is 0 Å². The molecular weight excluding hydrogens is 349 g/mol. The first-order chi connectivity index (χ1) is 12.9. The lowest BCUT2D eigenvalue weighted by Crippen LogP contribution is -2.15. The van der Waals surface area contributed by atoms with Gasteiger partial charge in [0.05, 0.1) is 0 Å². The highest BCUT2D eigenvalue weighted by Gasteiger charge is 2.16. The van der Waals surface area contributed by atoms with Gasteiger partial charge in [0.1, 0.15) is 23.9 Å². The van der Waals surface area contributed by atoms with E-state index in [1.807, 2.05) is 39.0 Å². The fourth-order valence-corrected chi connectivity index (χ4v) is 2.66. The van der Waals surface area contributed by atoms with Gasteiger partial charge in [-0.1, -0.05) is 22.9 Å². The second-order valence-corrected chi connectivity index (χ2v) is 6.31. The third kappa shape index (κ3) is 4.53. The van der Waals surface area contributed by atoms with Gasteiger partial charge >= 0.3 is 5.97 Å². The average Bonchev–Trinajstić information content (AvgIpc) is 3.00. The van der Waals surface area contributed by atoms with Crippen molar-refractivity contribution in [1.82, 2.24) is 5.16 Å². The highest BCUT2D eigenvalue weighted by Crippen LogP contribution is 2.26. The van der Waals surface area contributed by atoms with Gasteiger partial charge in [0.25, 0.3) is 0 Å². The van der Waals surface area contributed by atoms with E-state index in [4.69, 9.17) is 14.0 Å². The van der Waals surface area contributed by atoms with E-state index in [1.54, 1.807) is 12.1 Å². The first-order valence-electron chi connectivity index (χ1n) is 8.51. The van der Waals surface area contributed by atoms with Gasteiger partial charge in [-0.2, -0.15) is 0 Å². The number of rotatable bonds is 6. The number of hydrogen-bond donors (Lipinski definition) is 0. The molecule has 0 N–H and O–H groups in total. The van der Waals surface area contributed by atoms with E-state index in [0.29, 0.717) is 22.8 Å². The van der Waals surface area contributed by atoms with Gasteiger partial charge in [-0.15, -0.1) is 0 Å². The fourth-order valence-electron chi connectivity index (χ4n) is 2.66. The molecule has 0 radical (unpaired) electrons. The van der Waals surface area contributed by atoms with E-state index >= 15 is 0 Å². The molecule has 1 heterocycles. The number of hydrogen-bond acceptors (Lipinski definition) is 5. The van der Waals surface area contributed by atoms with Crippen molar-refractivity contribution >= 4 is 5.97 Å². The molecule has 0 bridgehead atoms. The van der Waals surface area contributed by atoms with Crippen molar-refractivity contribution in [3.05, 3.63) is 70.7 Å². The van der Waals surface area contributed by atoms with E-state index in [0.717, 1.165) is 16.7 Å². The zero-order chi connectivity index (χ0) is 19.4. The molecule has 0 amide bonds. The first-order valence-corrected chi connectivity index (χ1v) is 8.51. The molecule has 0 aliphatic carbocycles. The summed E-state index contributed by atoms with van der Waals surface area (Å²) in [6.07, 6.45) is 0. The summed E-state index contributed by atoms with van der Waals surface area (Å²) in [7, 11) is 0. The third-order valence-electron chi connectivity index (χ3n) is 4.17. The van der Waals surface area contributed by atoms with Crippen LogP contribution in [0, 0.1) is 26.6 Å². The molecule has 3 rings (SSSR count). The SMILES string of the molecule is Cc1ccc(OCC(=O)OCc2noc(-c3ccc(F)cc3)c2C)c(C)c1. The lowest BCUT2D eigenvalue weighted by Gasteiger charge is -2.09. The molecule has 0 spiro atoms. The van der Waals surface area contributed by atoms with Gasteiger partial charge in [-0.3, -0.25) is 0 Å². The minimum absolute atomic E-state index is 0.0222. The summed E-state index contributed by atoms with van der Waals surface area (Å²) in [6.45, 7) is 5.51. The Bertz CT molecular complexity index is 947. The summed E-state index contributed by atoms with van der Waals surface area (Å²) in [5.41, 5.74) is 4.04. The van der Waals surface area contributed by atoms with Crippen molar-refractivity contribution in [3.63, 3.8) is 0 Å². The lowest BCUT2D eigenvalue weighted by molar-refractivity contribution is -0.147. The first kappa shape index (κ1) is 18.6. The molecule has 3 aromatic rings. The van der Waals surface area contributed by atoms with Crippen molar-refractivity contribution in [3.8, 4) is 17.1 Å². The highest BCUT2D eigenvalue weighted by molar-refractivity contribution is 5.71. The smallest absolute Gasteiger partial charge is 0.344 e. The maximum atomic E-state index is 13.0. The number of nitrogens with zero attached hydrogens (tertiary/aromatic N) is 1. The number of esters is 1. The number of carbonyl (C=O) groups excluding carboxylic acids is 1. The largest absolute Gasteiger partial charge is 0.482 e. The Labute approximate surface area is 156 Å². The number of benzene rings is 2. The Morgan fingerprint density at radius 1 is 1.11 bits per heavy atom. The summed E-state index contributed by atoms with van der Waals surface area (Å²) in [5, 5.41) is 3.94. The van der Waals surface area contributed by atoms with Crippen LogP contribution in [-0.4, -0.2) is 17.7 Å². The van der Waals surface area contributed by atoms with Crippen LogP contribution < -0.4 is 4.74 Å². The van der Waals surface area contributed by atoms with Crippen LogP contribution >= 0.6 is 0 Å². The predicted octanol–water partition coefficient (Wildman–Crippen LogP) is 4.53. The topological polar surface area (TPSA) is 61.6 Å². The molecule has 140 valence electrons. The number of aromatic nitrogens is 1. The summed E-state index contributed by atoms with van der Waals surface area (Å²) in [4.78, 5) is 11.9. The fraction of sp³-hybridized carbons (Fsp3) is 0.238. The maximum Gasteiger partial charge on any atom is 0.344 e. The Morgan fingerprint density at radius 2 is 1.85 bits per heavy atom. The Morgan fingerprint density at radius 3 is 2.56 bits per heavy atom. The number of aryl methyl sites for hydroxylation is 2. The van der Waals surface area contributed by atoms with E-state index in [2.05, 4.69) is 5.16 Å². The van der Waals surface area contributed by atoms with Gasteiger partial charge in [0.15, 0.2) is 12.4 Å². The molecule has 0 aliphatic heterocycles. The molecule has 2 aromatic carbocycles. The molecule has 0 unspecified atom stereocenters. The van der Waals surface area contributed by atoms with Gasteiger partial charge in [0, 0.05) is 11.1 Å². The molecular formula is C21H20FNO4. The Balaban J connectivity index is 1.57. The van der Waals surface area contributed by atoms with Crippen LogP contribution in [0.15, 0.2) is 47.0 Å². The quantitative estimate of drug-likeness (QED) is 0.598. The molecule has 0 atom stereocenters. The molecule has 5 nitrogen and oxygen atoms in total. The normalized spacial score (nSPS) is 10.7. The van der Waals surface area contributed by atoms with Gasteiger partial charge in [-0.25, -0.2) is 9.18 Å². The van der Waals surface area contributed by atoms with Crippen LogP contribution in [0.3, 0.4) is 0 Å². The molecule has 0 aliphatic rings. The van der Waals surface area contributed by atoms with Crippen molar-refractivity contribution in [2.45, 2.75) is 27.4 Å². The highest BCUT2D eigenvalue weighted by atomic mass is 19.1. The summed E-state index contributed by atoms with van der Waals surface area (Å²) in [5.74, 6) is 0.343. The summed E-state index contributed by atoms with van der Waals surface area (Å²) >= 11 is 0. The maximum absolute atomic E-state index is 13.0. The van der Waals surface area contributed by atoms with Crippen LogP contribution in [0.4, 0.5) is 4.39 Å². The van der Waals surface area contributed by atoms with Gasteiger partial charge in [-0.05, 0) is 56.7 Å². The van der Waals surface area contributed by atoms with E-state index in [1.165, 1.54) is 12.1 Å². The molecule has 0 fully saturated rings.